The molecule has 2 aromatic heterocycles. The maximum atomic E-state index is 8.50. The highest BCUT2D eigenvalue weighted by Gasteiger charge is 2.08. The number of imidazole rings is 1. The second-order valence-corrected chi connectivity index (χ2v) is 3.33. The van der Waals surface area contributed by atoms with Crippen LogP contribution in [0.15, 0.2) is 29.6 Å². The summed E-state index contributed by atoms with van der Waals surface area (Å²) in [4.78, 5) is 4.37. The van der Waals surface area contributed by atoms with Gasteiger partial charge < -0.3 is 15.3 Å². The lowest BCUT2D eigenvalue weighted by molar-refractivity contribution is 0.317. The summed E-state index contributed by atoms with van der Waals surface area (Å²) in [5, 5.41) is 11.4. The summed E-state index contributed by atoms with van der Waals surface area (Å²) in [7, 11) is 0. The Hall–Kier alpha value is -2.04. The number of nitrogens with zero attached hydrogens (tertiary/aromatic N) is 3. The third-order valence-electron chi connectivity index (χ3n) is 2.28. The molecule has 2 aromatic rings. The highest BCUT2D eigenvalue weighted by molar-refractivity contribution is 5.83. The molecule has 0 fully saturated rings. The molecular formula is C10H12N4O. The van der Waals surface area contributed by atoms with E-state index < -0.39 is 0 Å². The normalized spacial score (nSPS) is 12.2. The van der Waals surface area contributed by atoms with Crippen molar-refractivity contribution in [2.45, 2.75) is 13.3 Å². The SMILES string of the molecule is Cc1nc(C/C(N)=N/O)c2ccccn12. The Bertz CT molecular complexity index is 515. The van der Waals surface area contributed by atoms with Gasteiger partial charge in [0.2, 0.25) is 0 Å². The summed E-state index contributed by atoms with van der Waals surface area (Å²) >= 11 is 0. The molecule has 5 nitrogen and oxygen atoms in total. The minimum Gasteiger partial charge on any atom is -0.409 e. The molecule has 0 aromatic carbocycles. The highest BCUT2D eigenvalue weighted by Crippen LogP contribution is 2.12. The lowest BCUT2D eigenvalue weighted by Crippen LogP contribution is -2.15. The molecule has 0 aliphatic heterocycles. The average molecular weight is 204 g/mol. The topological polar surface area (TPSA) is 75.9 Å². The van der Waals surface area contributed by atoms with E-state index in [1.807, 2.05) is 35.7 Å². The maximum absolute atomic E-state index is 8.50. The van der Waals surface area contributed by atoms with E-state index in [1.165, 1.54) is 0 Å². The van der Waals surface area contributed by atoms with Crippen LogP contribution in [0.2, 0.25) is 0 Å². The Morgan fingerprint density at radius 2 is 2.40 bits per heavy atom. The minimum absolute atomic E-state index is 0.166. The number of hydrogen-bond donors (Lipinski definition) is 2. The molecule has 0 saturated carbocycles. The molecular weight excluding hydrogens is 192 g/mol. The summed E-state index contributed by atoms with van der Waals surface area (Å²) in [6.07, 6.45) is 2.30. The summed E-state index contributed by atoms with van der Waals surface area (Å²) in [5.74, 6) is 1.06. The number of hydrogen-bond acceptors (Lipinski definition) is 3. The van der Waals surface area contributed by atoms with Gasteiger partial charge in [-0.3, -0.25) is 0 Å². The zero-order chi connectivity index (χ0) is 10.8. The van der Waals surface area contributed by atoms with Crippen LogP contribution >= 0.6 is 0 Å². The van der Waals surface area contributed by atoms with Crippen LogP contribution in [0, 0.1) is 6.92 Å². The van der Waals surface area contributed by atoms with E-state index in [0.717, 1.165) is 17.0 Å². The van der Waals surface area contributed by atoms with Gasteiger partial charge in [0.25, 0.3) is 0 Å². The van der Waals surface area contributed by atoms with Crippen molar-refractivity contribution in [3.05, 3.63) is 35.9 Å². The number of oxime groups is 1. The molecule has 5 heteroatoms. The van der Waals surface area contributed by atoms with Crippen LogP contribution in [0.5, 0.6) is 0 Å². The molecule has 3 N–H and O–H groups in total. The van der Waals surface area contributed by atoms with E-state index in [-0.39, 0.29) is 5.84 Å². The minimum atomic E-state index is 0.166. The number of nitrogens with two attached hydrogens (primary N) is 1. The van der Waals surface area contributed by atoms with E-state index in [4.69, 9.17) is 10.9 Å². The highest BCUT2D eigenvalue weighted by atomic mass is 16.4. The number of amidine groups is 1. The molecule has 0 bridgehead atoms. The van der Waals surface area contributed by atoms with E-state index in [2.05, 4.69) is 10.1 Å². The quantitative estimate of drug-likeness (QED) is 0.331. The van der Waals surface area contributed by atoms with Gasteiger partial charge in [-0.2, -0.15) is 0 Å². The first-order valence-corrected chi connectivity index (χ1v) is 4.61. The van der Waals surface area contributed by atoms with E-state index in [1.54, 1.807) is 0 Å². The Morgan fingerprint density at radius 3 is 3.13 bits per heavy atom. The second-order valence-electron chi connectivity index (χ2n) is 3.33. The summed E-state index contributed by atoms with van der Waals surface area (Å²) in [6.45, 7) is 1.92. The number of aryl methyl sites for hydroxylation is 1. The lowest BCUT2D eigenvalue weighted by atomic mass is 10.2. The zero-order valence-electron chi connectivity index (χ0n) is 8.38. The molecule has 2 heterocycles. The predicted molar refractivity (Wildman–Crippen MR) is 57.0 cm³/mol. The van der Waals surface area contributed by atoms with Gasteiger partial charge in [0.1, 0.15) is 11.7 Å². The third kappa shape index (κ3) is 1.63. The van der Waals surface area contributed by atoms with Crippen LogP contribution < -0.4 is 5.73 Å². The van der Waals surface area contributed by atoms with Crippen molar-refractivity contribution >= 4 is 11.4 Å². The van der Waals surface area contributed by atoms with E-state index in [9.17, 15) is 0 Å². The summed E-state index contributed by atoms with van der Waals surface area (Å²) < 4.78 is 1.97. The van der Waals surface area contributed by atoms with Crippen molar-refractivity contribution in [3.63, 3.8) is 0 Å². The number of aromatic nitrogens is 2. The van der Waals surface area contributed by atoms with Crippen molar-refractivity contribution in [3.8, 4) is 0 Å². The largest absolute Gasteiger partial charge is 0.409 e. The molecule has 0 unspecified atom stereocenters. The zero-order valence-corrected chi connectivity index (χ0v) is 8.38. The van der Waals surface area contributed by atoms with Crippen LogP contribution in [-0.2, 0) is 6.42 Å². The molecule has 15 heavy (non-hydrogen) atoms. The van der Waals surface area contributed by atoms with Gasteiger partial charge >= 0.3 is 0 Å². The second kappa shape index (κ2) is 3.61. The number of fused-ring (bicyclic) bond motifs is 1. The molecule has 0 atom stereocenters. The first-order chi connectivity index (χ1) is 7.22. The van der Waals surface area contributed by atoms with Crippen molar-refractivity contribution in [1.82, 2.24) is 9.38 Å². The first-order valence-electron chi connectivity index (χ1n) is 4.61. The van der Waals surface area contributed by atoms with Crippen LogP contribution in [-0.4, -0.2) is 20.4 Å². The monoisotopic (exact) mass is 204 g/mol. The number of pyridine rings is 1. The maximum Gasteiger partial charge on any atom is 0.145 e. The fraction of sp³-hybridized carbons (Fsp3) is 0.200. The van der Waals surface area contributed by atoms with Gasteiger partial charge in [-0.25, -0.2) is 4.98 Å². The van der Waals surface area contributed by atoms with Crippen LogP contribution in [0.4, 0.5) is 0 Å². The molecule has 0 radical (unpaired) electrons. The molecule has 0 spiro atoms. The van der Waals surface area contributed by atoms with Crippen molar-refractivity contribution in [2.24, 2.45) is 10.9 Å². The van der Waals surface area contributed by atoms with Crippen molar-refractivity contribution in [2.75, 3.05) is 0 Å². The van der Waals surface area contributed by atoms with Gasteiger partial charge in [0.05, 0.1) is 17.6 Å². The molecule has 0 aliphatic carbocycles. The van der Waals surface area contributed by atoms with Crippen molar-refractivity contribution < 1.29 is 5.21 Å². The van der Waals surface area contributed by atoms with Gasteiger partial charge in [0, 0.05) is 6.20 Å². The average Bonchev–Trinajstić information content (AvgIpc) is 2.57. The van der Waals surface area contributed by atoms with E-state index >= 15 is 0 Å². The number of rotatable bonds is 2. The predicted octanol–water partition coefficient (Wildman–Crippen LogP) is 0.932. The fourth-order valence-corrected chi connectivity index (χ4v) is 1.60. The molecule has 0 saturated heterocycles. The standard InChI is InChI=1S/C10H12N4O/c1-7-12-8(6-10(11)13-15)9-4-2-3-5-14(7)9/h2-5,15H,6H2,1H3,(H2,11,13). The first kappa shape index (κ1) is 9.51. The molecule has 0 aliphatic rings. The Balaban J connectivity index is 2.52. The Morgan fingerprint density at radius 1 is 1.60 bits per heavy atom. The van der Waals surface area contributed by atoms with Gasteiger partial charge in [0.15, 0.2) is 0 Å². The molecule has 0 amide bonds. The molecule has 2 rings (SSSR count). The van der Waals surface area contributed by atoms with Gasteiger partial charge in [-0.05, 0) is 19.1 Å². The van der Waals surface area contributed by atoms with Crippen LogP contribution in [0.1, 0.15) is 11.5 Å². The fourth-order valence-electron chi connectivity index (χ4n) is 1.60. The van der Waals surface area contributed by atoms with Crippen LogP contribution in [0.25, 0.3) is 5.52 Å². The third-order valence-corrected chi connectivity index (χ3v) is 2.28. The van der Waals surface area contributed by atoms with Gasteiger partial charge in [-0.15, -0.1) is 0 Å². The Kier molecular flexibility index (Phi) is 2.29. The van der Waals surface area contributed by atoms with Gasteiger partial charge in [-0.1, -0.05) is 11.2 Å². The summed E-state index contributed by atoms with van der Waals surface area (Å²) in [5.41, 5.74) is 7.27. The smallest absolute Gasteiger partial charge is 0.145 e. The molecule has 78 valence electrons. The van der Waals surface area contributed by atoms with E-state index in [0.29, 0.717) is 6.42 Å². The van der Waals surface area contributed by atoms with Crippen molar-refractivity contribution in [1.29, 1.82) is 0 Å². The lowest BCUT2D eigenvalue weighted by Gasteiger charge is -1.96. The summed E-state index contributed by atoms with van der Waals surface area (Å²) in [6, 6.07) is 5.83. The van der Waals surface area contributed by atoms with Crippen LogP contribution in [0.3, 0.4) is 0 Å². The Labute approximate surface area is 86.8 Å².